The number of amides is 1. The number of ether oxygens (including phenoxy) is 1. The summed E-state index contributed by atoms with van der Waals surface area (Å²) >= 11 is 0. The summed E-state index contributed by atoms with van der Waals surface area (Å²) in [6.07, 6.45) is 1.10. The third-order valence-corrected chi connectivity index (χ3v) is 6.68. The fourth-order valence-electron chi connectivity index (χ4n) is 4.92. The van der Waals surface area contributed by atoms with Gasteiger partial charge >= 0.3 is 11.8 Å². The lowest BCUT2D eigenvalue weighted by Crippen LogP contribution is -2.49. The summed E-state index contributed by atoms with van der Waals surface area (Å²) < 4.78 is 15.4. The number of anilines is 1. The third-order valence-electron chi connectivity index (χ3n) is 6.68. The van der Waals surface area contributed by atoms with Crippen LogP contribution in [0, 0.1) is 11.8 Å². The Balaban J connectivity index is 1.54. The van der Waals surface area contributed by atoms with Crippen LogP contribution < -0.4 is 21.5 Å². The summed E-state index contributed by atoms with van der Waals surface area (Å²) in [7, 11) is 1.59. The van der Waals surface area contributed by atoms with Crippen LogP contribution in [0.3, 0.4) is 0 Å². The zero-order valence-corrected chi connectivity index (χ0v) is 23.4. The van der Waals surface area contributed by atoms with Gasteiger partial charge in [0.15, 0.2) is 16.7 Å². The number of hydrogen-bond donors (Lipinski definition) is 1. The number of nitrogens with zero attached hydrogens (tertiary/aromatic N) is 6. The molecule has 1 aliphatic heterocycles. The summed E-state index contributed by atoms with van der Waals surface area (Å²) in [5.41, 5.74) is 0.117. The Bertz CT molecular complexity index is 1730. The fourth-order valence-corrected chi connectivity index (χ4v) is 4.92. The highest BCUT2D eigenvalue weighted by Gasteiger charge is 2.29. The van der Waals surface area contributed by atoms with Crippen LogP contribution in [0.4, 0.5) is 10.7 Å². The Labute approximate surface area is 230 Å². The minimum atomic E-state index is -0.603. The summed E-state index contributed by atoms with van der Waals surface area (Å²) in [5.74, 6) is 6.68. The second-order valence-corrected chi connectivity index (χ2v) is 10.8. The second-order valence-electron chi connectivity index (χ2n) is 10.8. The maximum Gasteiger partial charge on any atom is 0.407 e. The van der Waals surface area contributed by atoms with Crippen molar-refractivity contribution < 1.29 is 13.9 Å². The summed E-state index contributed by atoms with van der Waals surface area (Å²) in [5, 5.41) is 2.94. The first kappa shape index (κ1) is 27.1. The van der Waals surface area contributed by atoms with Crippen molar-refractivity contribution in [1.82, 2.24) is 29.0 Å². The average Bonchev–Trinajstić information content (AvgIpc) is 3.49. The Morgan fingerprint density at radius 3 is 2.70 bits per heavy atom. The number of piperidine rings is 1. The molecule has 3 aromatic heterocycles. The van der Waals surface area contributed by atoms with Gasteiger partial charge in [0.1, 0.15) is 17.7 Å². The minimum absolute atomic E-state index is 0.123. The predicted molar refractivity (Wildman–Crippen MR) is 150 cm³/mol. The van der Waals surface area contributed by atoms with Crippen molar-refractivity contribution in [3.63, 3.8) is 0 Å². The smallest absolute Gasteiger partial charge is 0.407 e. The molecule has 1 aromatic carbocycles. The Morgan fingerprint density at radius 1 is 1.20 bits per heavy atom. The number of aryl methyl sites for hydroxylation is 1. The molecule has 1 unspecified atom stereocenters. The van der Waals surface area contributed by atoms with E-state index in [1.807, 2.05) is 37.8 Å². The lowest BCUT2D eigenvalue weighted by molar-refractivity contribution is 0.0499. The lowest BCUT2D eigenvalue weighted by Gasteiger charge is -2.34. The van der Waals surface area contributed by atoms with Crippen molar-refractivity contribution in [2.24, 2.45) is 7.05 Å². The summed E-state index contributed by atoms with van der Waals surface area (Å²) in [6, 6.07) is 7.09. The average molecular weight is 548 g/mol. The Morgan fingerprint density at radius 2 is 1.98 bits per heavy atom. The van der Waals surface area contributed by atoms with Gasteiger partial charge in [0.2, 0.25) is 11.8 Å². The number of alkyl carbamates (subject to hydrolysis) is 1. The number of fused-ring (bicyclic) bond motifs is 2. The number of carbonyl (C=O) groups is 1. The molecule has 1 atom stereocenters. The molecule has 5 rings (SSSR count). The van der Waals surface area contributed by atoms with E-state index in [9.17, 15) is 14.4 Å². The van der Waals surface area contributed by atoms with E-state index < -0.39 is 22.9 Å². The standard InChI is InChI=1S/C28H33N7O5/c1-6-7-15-34-22-23(31-25(34)33-14-10-11-18(16-33)29-26(37)40-28(2,3)4)32(5)27(38)35(24(22)36)17-21-30-19-12-8-9-13-20(19)39-21/h8-9,12-13,18H,10-11,14-17H2,1-5H3,(H,29,37). The first-order valence-electron chi connectivity index (χ1n) is 13.2. The molecule has 210 valence electrons. The van der Waals surface area contributed by atoms with Crippen LogP contribution in [0.15, 0.2) is 38.3 Å². The molecule has 1 N–H and O–H groups in total. The Hall–Kier alpha value is -4.53. The first-order valence-corrected chi connectivity index (χ1v) is 13.2. The zero-order valence-electron chi connectivity index (χ0n) is 23.4. The molecule has 0 radical (unpaired) electrons. The SMILES string of the molecule is CC#CCn1c(N2CCCC(NC(=O)OC(C)(C)C)C2)nc2c1c(=O)n(Cc1nc3ccccc3o1)c(=O)n2C. The van der Waals surface area contributed by atoms with Crippen LogP contribution in [0.1, 0.15) is 46.4 Å². The van der Waals surface area contributed by atoms with E-state index in [0.717, 1.165) is 17.4 Å². The van der Waals surface area contributed by atoms with E-state index in [4.69, 9.17) is 14.1 Å². The first-order chi connectivity index (χ1) is 19.1. The molecule has 4 heterocycles. The van der Waals surface area contributed by atoms with Crippen LogP contribution in [-0.4, -0.2) is 54.5 Å². The van der Waals surface area contributed by atoms with Crippen LogP contribution in [0.5, 0.6) is 0 Å². The highest BCUT2D eigenvalue weighted by Crippen LogP contribution is 2.24. The number of benzene rings is 1. The molecule has 12 heteroatoms. The quantitative estimate of drug-likeness (QED) is 0.378. The van der Waals surface area contributed by atoms with Gasteiger partial charge in [-0.2, -0.15) is 4.98 Å². The highest BCUT2D eigenvalue weighted by atomic mass is 16.6. The van der Waals surface area contributed by atoms with Gasteiger partial charge in [0.25, 0.3) is 5.56 Å². The molecule has 0 aliphatic carbocycles. The molecule has 1 fully saturated rings. The zero-order chi connectivity index (χ0) is 28.6. The van der Waals surface area contributed by atoms with Crippen LogP contribution in [0.2, 0.25) is 0 Å². The number of rotatable bonds is 5. The van der Waals surface area contributed by atoms with E-state index in [0.29, 0.717) is 30.1 Å². The molecule has 1 aliphatic rings. The molecule has 1 saturated heterocycles. The predicted octanol–water partition coefficient (Wildman–Crippen LogP) is 2.60. The number of hydrogen-bond acceptors (Lipinski definition) is 8. The van der Waals surface area contributed by atoms with E-state index in [2.05, 4.69) is 22.1 Å². The number of oxazole rings is 1. The second kappa shape index (κ2) is 10.6. The van der Waals surface area contributed by atoms with E-state index >= 15 is 0 Å². The summed E-state index contributed by atoms with van der Waals surface area (Å²) in [4.78, 5) is 50.8. The van der Waals surface area contributed by atoms with Crippen molar-refractivity contribution in [1.29, 1.82) is 0 Å². The van der Waals surface area contributed by atoms with Gasteiger partial charge in [0.05, 0.1) is 6.54 Å². The molecule has 0 bridgehead atoms. The molecular weight excluding hydrogens is 514 g/mol. The topological polar surface area (TPSA) is 129 Å². The monoisotopic (exact) mass is 547 g/mol. The largest absolute Gasteiger partial charge is 0.444 e. The van der Waals surface area contributed by atoms with Crippen LogP contribution in [-0.2, 0) is 24.9 Å². The minimum Gasteiger partial charge on any atom is -0.444 e. The number of para-hydroxylation sites is 2. The summed E-state index contributed by atoms with van der Waals surface area (Å²) in [6.45, 7) is 8.39. The van der Waals surface area contributed by atoms with Crippen molar-refractivity contribution in [2.75, 3.05) is 18.0 Å². The molecule has 40 heavy (non-hydrogen) atoms. The Kier molecular flexibility index (Phi) is 7.14. The number of carbonyl (C=O) groups excluding carboxylic acids is 1. The molecule has 1 amide bonds. The van der Waals surface area contributed by atoms with Crippen LogP contribution >= 0.6 is 0 Å². The third kappa shape index (κ3) is 5.32. The van der Waals surface area contributed by atoms with E-state index in [1.165, 1.54) is 4.57 Å². The van der Waals surface area contributed by atoms with Crippen molar-refractivity contribution in [3.05, 3.63) is 51.0 Å². The van der Waals surface area contributed by atoms with E-state index in [-0.39, 0.29) is 36.2 Å². The fraction of sp³-hybridized carbons (Fsp3) is 0.464. The number of aromatic nitrogens is 5. The number of imidazole rings is 1. The van der Waals surface area contributed by atoms with E-state index in [1.54, 1.807) is 30.7 Å². The molecule has 4 aromatic rings. The molecule has 0 spiro atoms. The van der Waals surface area contributed by atoms with Gasteiger partial charge in [-0.15, -0.1) is 5.92 Å². The highest BCUT2D eigenvalue weighted by molar-refractivity contribution is 5.75. The van der Waals surface area contributed by atoms with Gasteiger partial charge < -0.3 is 19.4 Å². The van der Waals surface area contributed by atoms with Crippen LogP contribution in [0.25, 0.3) is 22.3 Å². The van der Waals surface area contributed by atoms with Gasteiger partial charge in [-0.05, 0) is 52.7 Å². The van der Waals surface area contributed by atoms with Crippen molar-refractivity contribution >= 4 is 34.3 Å². The van der Waals surface area contributed by atoms with Gasteiger partial charge in [0, 0.05) is 26.2 Å². The molecule has 12 nitrogen and oxygen atoms in total. The molecular formula is C28H33N7O5. The van der Waals surface area contributed by atoms with Gasteiger partial charge in [-0.3, -0.25) is 13.9 Å². The maximum absolute atomic E-state index is 13.8. The van der Waals surface area contributed by atoms with Crippen molar-refractivity contribution in [3.8, 4) is 11.8 Å². The maximum atomic E-state index is 13.8. The lowest BCUT2D eigenvalue weighted by atomic mass is 10.1. The normalized spacial score (nSPS) is 15.7. The number of nitrogens with one attached hydrogen (secondary N) is 1. The molecule has 0 saturated carbocycles. The van der Waals surface area contributed by atoms with Gasteiger partial charge in [-0.1, -0.05) is 18.1 Å². The van der Waals surface area contributed by atoms with Crippen molar-refractivity contribution in [2.45, 2.75) is 65.3 Å². The van der Waals surface area contributed by atoms with Gasteiger partial charge in [-0.25, -0.2) is 19.1 Å².